The van der Waals surface area contributed by atoms with Crippen LogP contribution in [0.3, 0.4) is 0 Å². The fraction of sp³-hybridized carbons (Fsp3) is 0.600. The van der Waals surface area contributed by atoms with E-state index in [0.717, 1.165) is 12.2 Å². The van der Waals surface area contributed by atoms with Crippen molar-refractivity contribution in [1.29, 1.82) is 0 Å². The van der Waals surface area contributed by atoms with E-state index in [-0.39, 0.29) is 16.6 Å². The zero-order chi connectivity index (χ0) is 18.9. The summed E-state index contributed by atoms with van der Waals surface area (Å²) in [7, 11) is 1.53. The Hall–Kier alpha value is -1.53. The average molecular weight is 376 g/mol. The lowest BCUT2D eigenvalue weighted by Gasteiger charge is -2.31. The number of nitrogens with one attached hydrogen (secondary N) is 2. The number of rotatable bonds is 5. The molecule has 2 aliphatic rings. The van der Waals surface area contributed by atoms with E-state index in [9.17, 15) is 9.59 Å². The van der Waals surface area contributed by atoms with E-state index in [4.69, 9.17) is 0 Å². The Morgan fingerprint density at radius 1 is 1.08 bits per heavy atom. The van der Waals surface area contributed by atoms with Crippen LogP contribution in [0.2, 0.25) is 0 Å². The van der Waals surface area contributed by atoms with Gasteiger partial charge in [0.25, 0.3) is 11.8 Å². The Morgan fingerprint density at radius 3 is 2.38 bits per heavy atom. The summed E-state index contributed by atoms with van der Waals surface area (Å²) in [6, 6.07) is 6.07. The summed E-state index contributed by atoms with van der Waals surface area (Å²) in [4.78, 5) is 25.2. The molecular weight excluding hydrogens is 346 g/mol. The van der Waals surface area contributed by atoms with Crippen LogP contribution in [0, 0.1) is 5.92 Å². The van der Waals surface area contributed by atoms with Crippen molar-refractivity contribution in [3.8, 4) is 0 Å². The third-order valence-electron chi connectivity index (χ3n) is 5.06. The van der Waals surface area contributed by atoms with Gasteiger partial charge in [-0.05, 0) is 70.6 Å². The maximum absolute atomic E-state index is 12.1. The third-order valence-corrected chi connectivity index (χ3v) is 6.13. The molecule has 0 spiro atoms. The van der Waals surface area contributed by atoms with Crippen molar-refractivity contribution in [2.45, 2.75) is 57.2 Å². The van der Waals surface area contributed by atoms with Gasteiger partial charge >= 0.3 is 0 Å². The van der Waals surface area contributed by atoms with Crippen LogP contribution in [0.25, 0.3) is 0 Å². The van der Waals surface area contributed by atoms with Crippen LogP contribution in [-0.4, -0.2) is 41.1 Å². The first-order valence-electron chi connectivity index (χ1n) is 9.38. The summed E-state index contributed by atoms with van der Waals surface area (Å²) in [5, 5.41) is 3.46. The summed E-state index contributed by atoms with van der Waals surface area (Å²) in [6.45, 7) is 7.60. The summed E-state index contributed by atoms with van der Waals surface area (Å²) < 4.78 is 3.87. The number of hydrogen-bond acceptors (Lipinski definition) is 5. The van der Waals surface area contributed by atoms with Crippen LogP contribution >= 0.6 is 11.9 Å². The van der Waals surface area contributed by atoms with Crippen LogP contribution in [0.15, 0.2) is 18.2 Å². The van der Waals surface area contributed by atoms with Crippen molar-refractivity contribution in [3.63, 3.8) is 0 Å². The van der Waals surface area contributed by atoms with Gasteiger partial charge in [-0.3, -0.25) is 19.2 Å². The molecule has 26 heavy (non-hydrogen) atoms. The monoisotopic (exact) mass is 375 g/mol. The topological polar surface area (TPSA) is 61.4 Å². The predicted octanol–water partition coefficient (Wildman–Crippen LogP) is 3.92. The van der Waals surface area contributed by atoms with Gasteiger partial charge in [0, 0.05) is 30.1 Å². The van der Waals surface area contributed by atoms with Crippen LogP contribution < -0.4 is 10.0 Å². The van der Waals surface area contributed by atoms with E-state index in [1.807, 2.05) is 24.1 Å². The fourth-order valence-corrected chi connectivity index (χ4v) is 4.23. The molecule has 142 valence electrons. The number of imide groups is 1. The number of amides is 2. The number of carbonyl (C=O) groups is 2. The first kappa shape index (κ1) is 19.2. The summed E-state index contributed by atoms with van der Waals surface area (Å²) in [6.07, 6.45) is 4.83. The van der Waals surface area contributed by atoms with Crippen molar-refractivity contribution in [2.75, 3.05) is 18.9 Å². The van der Waals surface area contributed by atoms with Gasteiger partial charge in [-0.1, -0.05) is 11.9 Å². The highest BCUT2D eigenvalue weighted by molar-refractivity contribution is 7.98. The second-order valence-corrected chi connectivity index (χ2v) is 10.0. The Labute approximate surface area is 160 Å². The lowest BCUT2D eigenvalue weighted by atomic mass is 9.86. The maximum atomic E-state index is 12.1. The Kier molecular flexibility index (Phi) is 5.63. The fourth-order valence-electron chi connectivity index (χ4n) is 3.48. The standard InChI is InChI=1S/C20H29N3O2S/c1-20(2,3)26-22-14-7-5-13(6-8-14)12-21-15-9-10-16-17(11-15)19(25)23(4)18(16)24/h9-11,13-14,21-22H,5-8,12H2,1-4H3. The third kappa shape index (κ3) is 4.41. The molecule has 2 amide bonds. The van der Waals surface area contributed by atoms with Crippen LogP contribution in [0.4, 0.5) is 5.69 Å². The average Bonchev–Trinajstić information content (AvgIpc) is 2.82. The molecule has 1 fully saturated rings. The summed E-state index contributed by atoms with van der Waals surface area (Å²) in [5.74, 6) is 0.230. The van der Waals surface area contributed by atoms with E-state index < -0.39 is 0 Å². The second-order valence-electron chi connectivity index (χ2n) is 8.36. The van der Waals surface area contributed by atoms with Gasteiger partial charge in [0.1, 0.15) is 0 Å². The van der Waals surface area contributed by atoms with Gasteiger partial charge in [-0.15, -0.1) is 0 Å². The smallest absolute Gasteiger partial charge is 0.261 e. The van der Waals surface area contributed by atoms with E-state index in [1.54, 1.807) is 6.07 Å². The lowest BCUT2D eigenvalue weighted by molar-refractivity contribution is 0.0693. The zero-order valence-electron chi connectivity index (χ0n) is 16.1. The van der Waals surface area contributed by atoms with Gasteiger partial charge in [0.05, 0.1) is 11.1 Å². The zero-order valence-corrected chi connectivity index (χ0v) is 16.9. The molecular formula is C20H29N3O2S. The maximum Gasteiger partial charge on any atom is 0.261 e. The number of nitrogens with zero attached hydrogens (tertiary/aromatic N) is 1. The highest BCUT2D eigenvalue weighted by atomic mass is 32.2. The molecule has 0 bridgehead atoms. The van der Waals surface area contributed by atoms with Gasteiger partial charge < -0.3 is 5.32 Å². The van der Waals surface area contributed by atoms with Crippen molar-refractivity contribution in [2.24, 2.45) is 5.92 Å². The van der Waals surface area contributed by atoms with Crippen molar-refractivity contribution >= 4 is 29.4 Å². The SMILES string of the molecule is CN1C(=O)c2ccc(NCC3CCC(NSC(C)(C)C)CC3)cc2C1=O. The molecule has 0 unspecified atom stereocenters. The summed E-state index contributed by atoms with van der Waals surface area (Å²) >= 11 is 1.83. The first-order valence-corrected chi connectivity index (χ1v) is 10.2. The number of hydrogen-bond donors (Lipinski definition) is 2. The molecule has 0 aromatic heterocycles. The molecule has 1 aliphatic heterocycles. The minimum absolute atomic E-state index is 0.211. The predicted molar refractivity (Wildman–Crippen MR) is 108 cm³/mol. The van der Waals surface area contributed by atoms with Gasteiger partial charge in [-0.25, -0.2) is 0 Å². The van der Waals surface area contributed by atoms with Crippen molar-refractivity contribution < 1.29 is 9.59 Å². The molecule has 0 saturated heterocycles. The number of fused-ring (bicyclic) bond motifs is 1. The van der Waals surface area contributed by atoms with Gasteiger partial charge in [0.15, 0.2) is 0 Å². The molecule has 2 N–H and O–H groups in total. The first-order chi connectivity index (χ1) is 12.2. The Balaban J connectivity index is 1.48. The quantitative estimate of drug-likeness (QED) is 0.603. The number of benzene rings is 1. The Morgan fingerprint density at radius 2 is 1.73 bits per heavy atom. The molecule has 6 heteroatoms. The molecule has 1 aromatic carbocycles. The summed E-state index contributed by atoms with van der Waals surface area (Å²) in [5.41, 5.74) is 1.93. The highest BCUT2D eigenvalue weighted by Crippen LogP contribution is 2.29. The van der Waals surface area contributed by atoms with Crippen LogP contribution in [-0.2, 0) is 0 Å². The molecule has 0 radical (unpaired) electrons. The van der Waals surface area contributed by atoms with Gasteiger partial charge in [-0.2, -0.15) is 0 Å². The molecule has 1 aromatic rings. The largest absolute Gasteiger partial charge is 0.385 e. The van der Waals surface area contributed by atoms with Crippen LogP contribution in [0.1, 0.15) is 67.2 Å². The molecule has 0 atom stereocenters. The molecule has 1 aliphatic carbocycles. The Bertz CT molecular complexity index is 691. The second kappa shape index (κ2) is 7.61. The van der Waals surface area contributed by atoms with E-state index >= 15 is 0 Å². The van der Waals surface area contributed by atoms with E-state index in [0.29, 0.717) is 23.1 Å². The molecule has 5 nitrogen and oxygen atoms in total. The minimum Gasteiger partial charge on any atom is -0.385 e. The molecule has 1 heterocycles. The normalized spacial score (nSPS) is 23.3. The number of anilines is 1. The van der Waals surface area contributed by atoms with Crippen molar-refractivity contribution in [3.05, 3.63) is 29.3 Å². The van der Waals surface area contributed by atoms with Gasteiger partial charge in [0.2, 0.25) is 0 Å². The molecule has 3 rings (SSSR count). The minimum atomic E-state index is -0.213. The lowest BCUT2D eigenvalue weighted by Crippen LogP contribution is -2.33. The van der Waals surface area contributed by atoms with Crippen LogP contribution in [0.5, 0.6) is 0 Å². The molecule has 1 saturated carbocycles. The van der Waals surface area contributed by atoms with E-state index in [1.165, 1.54) is 37.6 Å². The highest BCUT2D eigenvalue weighted by Gasteiger charge is 2.32. The van der Waals surface area contributed by atoms with E-state index in [2.05, 4.69) is 30.8 Å². The van der Waals surface area contributed by atoms with Crippen molar-refractivity contribution in [1.82, 2.24) is 9.62 Å². The number of carbonyl (C=O) groups excluding carboxylic acids is 2.